The average Bonchev–Trinajstić information content (AvgIpc) is 2.89. The van der Waals surface area contributed by atoms with Crippen molar-refractivity contribution in [3.63, 3.8) is 0 Å². The van der Waals surface area contributed by atoms with Crippen molar-refractivity contribution in [1.29, 1.82) is 0 Å². The second-order valence-corrected chi connectivity index (χ2v) is 8.39. The van der Waals surface area contributed by atoms with Gasteiger partial charge in [0.25, 0.3) is 11.5 Å². The van der Waals surface area contributed by atoms with Crippen LogP contribution in [0.2, 0.25) is 0 Å². The van der Waals surface area contributed by atoms with Crippen molar-refractivity contribution in [2.45, 2.75) is 19.8 Å². The lowest BCUT2D eigenvalue weighted by molar-refractivity contribution is -0.149. The Morgan fingerprint density at radius 3 is 2.56 bits per heavy atom. The molecule has 1 amide bonds. The second kappa shape index (κ2) is 11.0. The van der Waals surface area contributed by atoms with E-state index in [4.69, 9.17) is 9.47 Å². The molecule has 4 rings (SSSR count). The lowest BCUT2D eigenvalue weighted by Gasteiger charge is -2.31. The van der Waals surface area contributed by atoms with Gasteiger partial charge >= 0.3 is 5.97 Å². The highest BCUT2D eigenvalue weighted by molar-refractivity contribution is 5.95. The summed E-state index contributed by atoms with van der Waals surface area (Å²) in [5, 5.41) is 7.05. The number of halogens is 1. The first-order valence-corrected chi connectivity index (χ1v) is 11.7. The molecule has 0 unspecified atom stereocenters. The maximum absolute atomic E-state index is 13.2. The number of aryl methyl sites for hydroxylation is 1. The van der Waals surface area contributed by atoms with Gasteiger partial charge in [-0.3, -0.25) is 14.4 Å². The molecule has 9 nitrogen and oxygen atoms in total. The number of hydrogen-bond acceptors (Lipinski definition) is 7. The number of piperidine rings is 1. The van der Waals surface area contributed by atoms with Crippen molar-refractivity contribution >= 4 is 23.3 Å². The van der Waals surface area contributed by atoms with E-state index in [2.05, 4.69) is 10.4 Å². The number of rotatable bonds is 7. The first kappa shape index (κ1) is 24.9. The number of esters is 1. The third kappa shape index (κ3) is 5.70. The van der Waals surface area contributed by atoms with E-state index in [9.17, 15) is 18.8 Å². The number of hydrogen-bond donors (Lipinski definition) is 1. The fourth-order valence-electron chi connectivity index (χ4n) is 3.98. The van der Waals surface area contributed by atoms with Crippen molar-refractivity contribution in [3.8, 4) is 11.5 Å². The van der Waals surface area contributed by atoms with Gasteiger partial charge in [-0.25, -0.2) is 9.07 Å². The molecule has 0 saturated carbocycles. The third-order valence-electron chi connectivity index (χ3n) is 5.92. The zero-order chi connectivity index (χ0) is 25.7. The zero-order valence-electron chi connectivity index (χ0n) is 20.1. The molecule has 188 valence electrons. The summed E-state index contributed by atoms with van der Waals surface area (Å²) in [5.74, 6) is -0.481. The van der Waals surface area contributed by atoms with E-state index in [1.54, 1.807) is 36.1 Å². The van der Waals surface area contributed by atoms with E-state index in [0.29, 0.717) is 49.5 Å². The summed E-state index contributed by atoms with van der Waals surface area (Å²) >= 11 is 0. The van der Waals surface area contributed by atoms with Gasteiger partial charge in [0, 0.05) is 31.4 Å². The Bertz CT molecular complexity index is 1300. The van der Waals surface area contributed by atoms with Gasteiger partial charge in [0.1, 0.15) is 11.6 Å². The number of ether oxygens (including phenoxy) is 2. The summed E-state index contributed by atoms with van der Waals surface area (Å²) < 4.78 is 25.3. The second-order valence-electron chi connectivity index (χ2n) is 8.39. The quantitative estimate of drug-likeness (QED) is 0.498. The Hall–Kier alpha value is -4.21. The van der Waals surface area contributed by atoms with Crippen LogP contribution in [0.1, 0.15) is 30.1 Å². The van der Waals surface area contributed by atoms with Crippen molar-refractivity contribution in [2.24, 2.45) is 13.0 Å². The van der Waals surface area contributed by atoms with E-state index < -0.39 is 11.4 Å². The van der Waals surface area contributed by atoms with Gasteiger partial charge in [-0.1, -0.05) is 6.07 Å². The Balaban J connectivity index is 1.51. The molecule has 0 atom stereocenters. The van der Waals surface area contributed by atoms with E-state index >= 15 is 0 Å². The number of likely N-dealkylation sites (tertiary alicyclic amines) is 1. The van der Waals surface area contributed by atoms with Crippen LogP contribution in [0.15, 0.2) is 59.5 Å². The number of carbonyl (C=O) groups is 2. The van der Waals surface area contributed by atoms with Crippen LogP contribution in [0.25, 0.3) is 0 Å². The van der Waals surface area contributed by atoms with Gasteiger partial charge in [0.2, 0.25) is 0 Å². The highest BCUT2D eigenvalue weighted by Gasteiger charge is 2.28. The number of nitrogens with zero attached hydrogens (tertiary/aromatic N) is 3. The van der Waals surface area contributed by atoms with E-state index in [0.717, 1.165) is 4.68 Å². The molecule has 2 heterocycles. The smallest absolute Gasteiger partial charge is 0.309 e. The number of amides is 1. The summed E-state index contributed by atoms with van der Waals surface area (Å²) in [5.41, 5.74) is 0.639. The van der Waals surface area contributed by atoms with Crippen LogP contribution in [0.5, 0.6) is 11.5 Å². The molecule has 1 saturated heterocycles. The highest BCUT2D eigenvalue weighted by Crippen LogP contribution is 2.29. The third-order valence-corrected chi connectivity index (χ3v) is 5.92. The SMILES string of the molecule is CCOC(=O)C1CCN(C(=O)c2cccc(Nc3c(Oc4ccc(F)cc4)cnn(C)c3=O)c2)CC1. The van der Waals surface area contributed by atoms with Crippen LogP contribution in [0.3, 0.4) is 0 Å². The van der Waals surface area contributed by atoms with Crippen molar-refractivity contribution in [1.82, 2.24) is 14.7 Å². The number of anilines is 2. The maximum Gasteiger partial charge on any atom is 0.309 e. The molecule has 3 aromatic rings. The Morgan fingerprint density at radius 2 is 1.86 bits per heavy atom. The van der Waals surface area contributed by atoms with Crippen LogP contribution in [-0.4, -0.2) is 46.3 Å². The number of nitrogens with one attached hydrogen (secondary N) is 1. The molecule has 0 radical (unpaired) electrons. The molecule has 1 fully saturated rings. The average molecular weight is 495 g/mol. The molecule has 1 aliphatic heterocycles. The summed E-state index contributed by atoms with van der Waals surface area (Å²) in [6, 6.07) is 12.2. The summed E-state index contributed by atoms with van der Waals surface area (Å²) in [6.45, 7) is 3.03. The van der Waals surface area contributed by atoms with Crippen LogP contribution in [-0.2, 0) is 16.6 Å². The highest BCUT2D eigenvalue weighted by atomic mass is 19.1. The Labute approximate surface area is 207 Å². The van der Waals surface area contributed by atoms with E-state index in [1.165, 1.54) is 37.5 Å². The first-order valence-electron chi connectivity index (χ1n) is 11.7. The number of benzene rings is 2. The molecule has 0 spiro atoms. The van der Waals surface area contributed by atoms with E-state index in [1.807, 2.05) is 0 Å². The minimum Gasteiger partial charge on any atom is -0.466 e. The van der Waals surface area contributed by atoms with Crippen LogP contribution in [0.4, 0.5) is 15.8 Å². The lowest BCUT2D eigenvalue weighted by atomic mass is 9.96. The zero-order valence-corrected chi connectivity index (χ0v) is 20.1. The summed E-state index contributed by atoms with van der Waals surface area (Å²) in [6.07, 6.45) is 2.50. The molecule has 1 aromatic heterocycles. The standard InChI is InChI=1S/C26H27FN4O5/c1-3-35-26(34)17-11-13-31(14-12-17)24(32)18-5-4-6-20(15-18)29-23-22(16-28-30(2)25(23)33)36-21-9-7-19(27)8-10-21/h4-10,15-17,29H,3,11-14H2,1-2H3. The van der Waals surface area contributed by atoms with Gasteiger partial charge in [-0.05, 0) is 62.2 Å². The van der Waals surface area contributed by atoms with Gasteiger partial charge in [0.05, 0.1) is 18.7 Å². The van der Waals surface area contributed by atoms with Gasteiger partial charge < -0.3 is 19.7 Å². The Kier molecular flexibility index (Phi) is 7.62. The molecule has 0 aliphatic carbocycles. The fraction of sp³-hybridized carbons (Fsp3) is 0.308. The molecule has 2 aromatic carbocycles. The number of aromatic nitrogens is 2. The largest absolute Gasteiger partial charge is 0.466 e. The molecule has 36 heavy (non-hydrogen) atoms. The Morgan fingerprint density at radius 1 is 1.14 bits per heavy atom. The topological polar surface area (TPSA) is 103 Å². The van der Waals surface area contributed by atoms with Gasteiger partial charge in [0.15, 0.2) is 11.4 Å². The predicted molar refractivity (Wildman–Crippen MR) is 131 cm³/mol. The number of carbonyl (C=O) groups excluding carboxylic acids is 2. The lowest BCUT2D eigenvalue weighted by Crippen LogP contribution is -2.40. The molecular weight excluding hydrogens is 467 g/mol. The van der Waals surface area contributed by atoms with Crippen molar-refractivity contribution < 1.29 is 23.5 Å². The van der Waals surface area contributed by atoms with Crippen LogP contribution in [0, 0.1) is 11.7 Å². The van der Waals surface area contributed by atoms with Crippen LogP contribution >= 0.6 is 0 Å². The molecule has 1 aliphatic rings. The van der Waals surface area contributed by atoms with Gasteiger partial charge in [-0.2, -0.15) is 5.10 Å². The molecule has 10 heteroatoms. The summed E-state index contributed by atoms with van der Waals surface area (Å²) in [4.78, 5) is 39.6. The predicted octanol–water partition coefficient (Wildman–Crippen LogP) is 3.87. The fourth-order valence-corrected chi connectivity index (χ4v) is 3.98. The van der Waals surface area contributed by atoms with Gasteiger partial charge in [-0.15, -0.1) is 0 Å². The normalized spacial score (nSPS) is 13.8. The van der Waals surface area contributed by atoms with E-state index in [-0.39, 0.29) is 29.2 Å². The van der Waals surface area contributed by atoms with Crippen molar-refractivity contribution in [2.75, 3.05) is 25.0 Å². The first-order chi connectivity index (χ1) is 17.4. The minimum atomic E-state index is -0.438. The minimum absolute atomic E-state index is 0.122. The molecular formula is C26H27FN4O5. The van der Waals surface area contributed by atoms with Crippen molar-refractivity contribution in [3.05, 3.63) is 76.5 Å². The maximum atomic E-state index is 13.2. The molecule has 0 bridgehead atoms. The molecule has 1 N–H and O–H groups in total. The van der Waals surface area contributed by atoms with Crippen LogP contribution < -0.4 is 15.6 Å². The summed E-state index contributed by atoms with van der Waals surface area (Å²) in [7, 11) is 1.51. The monoisotopic (exact) mass is 494 g/mol.